The predicted molar refractivity (Wildman–Crippen MR) is 83.1 cm³/mol. The lowest BCUT2D eigenvalue weighted by Gasteiger charge is -2.15. The van der Waals surface area contributed by atoms with Crippen molar-refractivity contribution < 1.29 is 14.3 Å². The van der Waals surface area contributed by atoms with Gasteiger partial charge in [-0.25, -0.2) is 19.0 Å². The molecule has 3 aromatic rings. The summed E-state index contributed by atoms with van der Waals surface area (Å²) in [6.07, 6.45) is 5.47. The number of hydrogen-bond donors (Lipinski definition) is 2. The van der Waals surface area contributed by atoms with Gasteiger partial charge in [-0.15, -0.1) is 0 Å². The number of nitrogens with one attached hydrogen (secondary N) is 1. The van der Waals surface area contributed by atoms with Gasteiger partial charge in [0, 0.05) is 12.4 Å². The van der Waals surface area contributed by atoms with Gasteiger partial charge in [-0.3, -0.25) is 4.79 Å². The number of aromatic nitrogens is 4. The number of amides is 1. The highest BCUT2D eigenvalue weighted by atomic mass is 19.1. The molecule has 24 heavy (non-hydrogen) atoms. The van der Waals surface area contributed by atoms with E-state index in [0.29, 0.717) is 11.3 Å². The van der Waals surface area contributed by atoms with Crippen molar-refractivity contribution >= 4 is 5.91 Å². The summed E-state index contributed by atoms with van der Waals surface area (Å²) in [6, 6.07) is 5.91. The van der Waals surface area contributed by atoms with E-state index in [0.717, 1.165) is 12.4 Å². The molecule has 2 N–H and O–H groups in total. The second-order valence-corrected chi connectivity index (χ2v) is 5.12. The molecule has 7 nitrogen and oxygen atoms in total. The lowest BCUT2D eigenvalue weighted by molar-refractivity contribution is 0.0929. The number of benzene rings is 1. The smallest absolute Gasteiger partial charge is 0.289 e. The molecule has 0 aliphatic carbocycles. The van der Waals surface area contributed by atoms with Crippen molar-refractivity contribution in [2.45, 2.75) is 13.0 Å². The standard InChI is InChI=1S/C16H14FN5O2/c1-10(21-16(24)15-18-8-12(23)9-19-15)11-3-4-14(13(17)7-11)22-6-2-5-20-22/h2-10,23H,1H3,(H,21,24)/t10-/m1/s1. The van der Waals surface area contributed by atoms with Gasteiger partial charge in [-0.05, 0) is 30.7 Å². The fraction of sp³-hybridized carbons (Fsp3) is 0.125. The summed E-state index contributed by atoms with van der Waals surface area (Å²) in [6.45, 7) is 1.72. The largest absolute Gasteiger partial charge is 0.505 e. The van der Waals surface area contributed by atoms with Gasteiger partial charge in [-0.2, -0.15) is 5.10 Å². The number of aromatic hydroxyl groups is 1. The van der Waals surface area contributed by atoms with E-state index in [2.05, 4.69) is 20.4 Å². The SMILES string of the molecule is C[C@@H](NC(=O)c1ncc(O)cn1)c1ccc(-n2cccn2)c(F)c1. The molecule has 0 aliphatic heterocycles. The van der Waals surface area contributed by atoms with Crippen LogP contribution >= 0.6 is 0 Å². The molecule has 2 aromatic heterocycles. The fourth-order valence-corrected chi connectivity index (χ4v) is 2.17. The first-order valence-corrected chi connectivity index (χ1v) is 7.16. The Morgan fingerprint density at radius 1 is 1.33 bits per heavy atom. The molecule has 3 rings (SSSR count). The summed E-state index contributed by atoms with van der Waals surface area (Å²) in [5.41, 5.74) is 0.916. The zero-order valence-electron chi connectivity index (χ0n) is 12.7. The number of nitrogens with zero attached hydrogens (tertiary/aromatic N) is 4. The number of halogens is 1. The van der Waals surface area contributed by atoms with E-state index in [1.165, 1.54) is 10.7 Å². The first-order chi connectivity index (χ1) is 11.5. The molecule has 1 amide bonds. The predicted octanol–water partition coefficient (Wildman–Crippen LogP) is 2.00. The topological polar surface area (TPSA) is 92.9 Å². The molecule has 122 valence electrons. The third-order valence-electron chi connectivity index (χ3n) is 3.41. The van der Waals surface area contributed by atoms with Gasteiger partial charge in [-0.1, -0.05) is 6.07 Å². The Balaban J connectivity index is 1.75. The normalized spacial score (nSPS) is 11.9. The average Bonchev–Trinajstić information content (AvgIpc) is 3.09. The van der Waals surface area contributed by atoms with Crippen molar-refractivity contribution in [3.63, 3.8) is 0 Å². The zero-order chi connectivity index (χ0) is 17.1. The quantitative estimate of drug-likeness (QED) is 0.764. The van der Waals surface area contributed by atoms with E-state index < -0.39 is 17.8 Å². The minimum Gasteiger partial charge on any atom is -0.505 e. The van der Waals surface area contributed by atoms with Crippen molar-refractivity contribution in [1.29, 1.82) is 0 Å². The van der Waals surface area contributed by atoms with Crippen LogP contribution in [0.25, 0.3) is 5.69 Å². The Bertz CT molecular complexity index is 849. The van der Waals surface area contributed by atoms with Gasteiger partial charge < -0.3 is 10.4 Å². The van der Waals surface area contributed by atoms with Crippen molar-refractivity contribution in [3.8, 4) is 11.4 Å². The van der Waals surface area contributed by atoms with Crippen LogP contribution in [0.5, 0.6) is 5.75 Å². The summed E-state index contributed by atoms with van der Waals surface area (Å²) >= 11 is 0. The third kappa shape index (κ3) is 3.22. The van der Waals surface area contributed by atoms with Crippen LogP contribution in [-0.2, 0) is 0 Å². The highest BCUT2D eigenvalue weighted by Crippen LogP contribution is 2.19. The van der Waals surface area contributed by atoms with Crippen LogP contribution in [0.15, 0.2) is 49.1 Å². The number of hydrogen-bond acceptors (Lipinski definition) is 5. The van der Waals surface area contributed by atoms with Crippen LogP contribution < -0.4 is 5.32 Å². The molecule has 1 atom stereocenters. The van der Waals surface area contributed by atoms with Crippen LogP contribution in [0.1, 0.15) is 29.1 Å². The molecular weight excluding hydrogens is 313 g/mol. The Hall–Kier alpha value is -3.29. The Morgan fingerprint density at radius 2 is 2.08 bits per heavy atom. The van der Waals surface area contributed by atoms with Crippen molar-refractivity contribution in [3.05, 3.63) is 66.3 Å². The first kappa shape index (κ1) is 15.6. The molecule has 8 heteroatoms. The maximum atomic E-state index is 14.3. The van der Waals surface area contributed by atoms with Gasteiger partial charge in [0.05, 0.1) is 18.4 Å². The lowest BCUT2D eigenvalue weighted by atomic mass is 10.1. The maximum absolute atomic E-state index is 14.3. The summed E-state index contributed by atoms with van der Waals surface area (Å²) in [5.74, 6) is -1.17. The van der Waals surface area contributed by atoms with Gasteiger partial charge >= 0.3 is 0 Å². The average molecular weight is 327 g/mol. The monoisotopic (exact) mass is 327 g/mol. The van der Waals surface area contributed by atoms with Crippen molar-refractivity contribution in [2.75, 3.05) is 0 Å². The van der Waals surface area contributed by atoms with Gasteiger partial charge in [0.2, 0.25) is 5.82 Å². The van der Waals surface area contributed by atoms with E-state index >= 15 is 0 Å². The Kier molecular flexibility index (Phi) is 4.19. The Labute approximate surface area is 136 Å². The molecule has 0 saturated carbocycles. The molecule has 0 radical (unpaired) electrons. The number of carbonyl (C=O) groups is 1. The van der Waals surface area contributed by atoms with Crippen LogP contribution in [0.4, 0.5) is 4.39 Å². The fourth-order valence-electron chi connectivity index (χ4n) is 2.17. The van der Waals surface area contributed by atoms with Crippen molar-refractivity contribution in [2.24, 2.45) is 0 Å². The first-order valence-electron chi connectivity index (χ1n) is 7.16. The highest BCUT2D eigenvalue weighted by Gasteiger charge is 2.15. The van der Waals surface area contributed by atoms with E-state index in [4.69, 9.17) is 5.11 Å². The van der Waals surface area contributed by atoms with Crippen molar-refractivity contribution in [1.82, 2.24) is 25.1 Å². The van der Waals surface area contributed by atoms with Crippen LogP contribution in [0.2, 0.25) is 0 Å². The Morgan fingerprint density at radius 3 is 2.71 bits per heavy atom. The lowest BCUT2D eigenvalue weighted by Crippen LogP contribution is -2.28. The van der Waals surface area contributed by atoms with E-state index in [1.807, 2.05) is 0 Å². The summed E-state index contributed by atoms with van der Waals surface area (Å²) in [4.78, 5) is 19.5. The van der Waals surface area contributed by atoms with E-state index in [-0.39, 0.29) is 11.6 Å². The maximum Gasteiger partial charge on any atom is 0.289 e. The third-order valence-corrected chi connectivity index (χ3v) is 3.41. The minimum atomic E-state index is -0.515. The summed E-state index contributed by atoms with van der Waals surface area (Å²) < 4.78 is 15.7. The van der Waals surface area contributed by atoms with Crippen LogP contribution in [-0.4, -0.2) is 30.8 Å². The van der Waals surface area contributed by atoms with Crippen LogP contribution in [0, 0.1) is 5.82 Å². The highest BCUT2D eigenvalue weighted by molar-refractivity contribution is 5.90. The molecule has 0 unspecified atom stereocenters. The summed E-state index contributed by atoms with van der Waals surface area (Å²) in [7, 11) is 0. The van der Waals surface area contributed by atoms with E-state index in [1.54, 1.807) is 37.5 Å². The molecular formula is C16H14FN5O2. The zero-order valence-corrected chi connectivity index (χ0v) is 12.7. The molecule has 0 bridgehead atoms. The second-order valence-electron chi connectivity index (χ2n) is 5.12. The van der Waals surface area contributed by atoms with E-state index in [9.17, 15) is 9.18 Å². The molecule has 0 spiro atoms. The second kappa shape index (κ2) is 6.45. The molecule has 0 aliphatic rings. The minimum absolute atomic E-state index is 0.0757. The van der Waals surface area contributed by atoms with Gasteiger partial charge in [0.25, 0.3) is 5.91 Å². The molecule has 0 fully saturated rings. The molecule has 2 heterocycles. The van der Waals surface area contributed by atoms with Gasteiger partial charge in [0.1, 0.15) is 11.5 Å². The number of carbonyl (C=O) groups excluding carboxylic acids is 1. The van der Waals surface area contributed by atoms with Gasteiger partial charge in [0.15, 0.2) is 5.75 Å². The molecule has 1 aromatic carbocycles. The van der Waals surface area contributed by atoms with Crippen LogP contribution in [0.3, 0.4) is 0 Å². The summed E-state index contributed by atoms with van der Waals surface area (Å²) in [5, 5.41) is 15.8. The molecule has 0 saturated heterocycles. The number of rotatable bonds is 4.